The number of hydrogen-bond acceptors (Lipinski definition) is 1. The molecular formula is C22H26N2. The van der Waals surface area contributed by atoms with Gasteiger partial charge < -0.3 is 4.57 Å². The Morgan fingerprint density at radius 3 is 2.42 bits per heavy atom. The van der Waals surface area contributed by atoms with E-state index < -0.39 is 0 Å². The van der Waals surface area contributed by atoms with E-state index in [1.165, 1.54) is 60.1 Å². The van der Waals surface area contributed by atoms with E-state index in [-0.39, 0.29) is 0 Å². The minimum Gasteiger partial charge on any atom is -0.316 e. The van der Waals surface area contributed by atoms with Crippen molar-refractivity contribution in [1.29, 1.82) is 0 Å². The van der Waals surface area contributed by atoms with Crippen LogP contribution in [0.4, 0.5) is 0 Å². The summed E-state index contributed by atoms with van der Waals surface area (Å²) in [6, 6.07) is 17.6. The van der Waals surface area contributed by atoms with E-state index in [2.05, 4.69) is 71.1 Å². The Morgan fingerprint density at radius 2 is 1.58 bits per heavy atom. The average Bonchev–Trinajstić information content (AvgIpc) is 3.01. The number of piperidine rings is 1. The average molecular weight is 318 g/mol. The van der Waals surface area contributed by atoms with Gasteiger partial charge in [0.25, 0.3) is 0 Å². The van der Waals surface area contributed by atoms with E-state index in [4.69, 9.17) is 0 Å². The minimum atomic E-state index is 1.06. The van der Waals surface area contributed by atoms with Crippen molar-refractivity contribution < 1.29 is 0 Å². The molecule has 0 bridgehead atoms. The molecule has 0 unspecified atom stereocenters. The molecule has 0 spiro atoms. The molecule has 0 radical (unpaired) electrons. The van der Waals surface area contributed by atoms with Crippen LogP contribution in [0.15, 0.2) is 54.7 Å². The van der Waals surface area contributed by atoms with Gasteiger partial charge in [-0.3, -0.25) is 4.90 Å². The molecule has 4 rings (SSSR count). The molecule has 124 valence electrons. The zero-order chi connectivity index (χ0) is 16.4. The Hall–Kier alpha value is -2.06. The van der Waals surface area contributed by atoms with E-state index in [0.717, 1.165) is 13.0 Å². The Balaban J connectivity index is 1.79. The van der Waals surface area contributed by atoms with Crippen molar-refractivity contribution >= 4 is 10.9 Å². The highest BCUT2D eigenvalue weighted by molar-refractivity contribution is 5.85. The van der Waals surface area contributed by atoms with Gasteiger partial charge in [0.05, 0.1) is 5.52 Å². The molecule has 1 aromatic heterocycles. The third-order valence-electron chi connectivity index (χ3n) is 5.27. The van der Waals surface area contributed by atoms with Gasteiger partial charge in [-0.15, -0.1) is 0 Å². The maximum atomic E-state index is 2.61. The molecule has 0 atom stereocenters. The van der Waals surface area contributed by atoms with Gasteiger partial charge in [0.1, 0.15) is 0 Å². The van der Waals surface area contributed by atoms with Crippen molar-refractivity contribution in [3.8, 4) is 5.69 Å². The number of aryl methyl sites for hydroxylation is 1. The van der Waals surface area contributed by atoms with E-state index in [1.807, 2.05) is 0 Å². The lowest BCUT2D eigenvalue weighted by Crippen LogP contribution is -2.28. The quantitative estimate of drug-likeness (QED) is 0.643. The first-order chi connectivity index (χ1) is 11.9. The molecular weight excluding hydrogens is 292 g/mol. The zero-order valence-corrected chi connectivity index (χ0v) is 14.5. The van der Waals surface area contributed by atoms with E-state index in [1.54, 1.807) is 0 Å². The molecule has 2 heterocycles. The van der Waals surface area contributed by atoms with Crippen LogP contribution in [0.1, 0.15) is 37.3 Å². The summed E-state index contributed by atoms with van der Waals surface area (Å²) in [6.45, 7) is 5.79. The fraction of sp³-hybridized carbons (Fsp3) is 0.364. The zero-order valence-electron chi connectivity index (χ0n) is 14.5. The van der Waals surface area contributed by atoms with Gasteiger partial charge in [0.2, 0.25) is 0 Å². The number of fused-ring (bicyclic) bond motifs is 1. The number of para-hydroxylation sites is 2. The maximum Gasteiger partial charge on any atom is 0.0531 e. The number of likely N-dealkylation sites (tertiary alicyclic amines) is 1. The summed E-state index contributed by atoms with van der Waals surface area (Å²) in [5, 5.41) is 1.40. The van der Waals surface area contributed by atoms with Crippen molar-refractivity contribution in [1.82, 2.24) is 9.47 Å². The standard InChI is InChI=1S/C22H26N2/c1-2-18-10-4-6-12-21(18)24-17-19(16-23-14-8-3-9-15-23)20-11-5-7-13-22(20)24/h4-7,10-13,17H,2-3,8-9,14-16H2,1H3. The first-order valence-corrected chi connectivity index (χ1v) is 9.26. The summed E-state index contributed by atoms with van der Waals surface area (Å²) in [5.41, 5.74) is 5.51. The van der Waals surface area contributed by atoms with Gasteiger partial charge in [-0.05, 0) is 55.6 Å². The third kappa shape index (κ3) is 2.87. The number of nitrogens with zero attached hydrogens (tertiary/aromatic N) is 2. The summed E-state index contributed by atoms with van der Waals surface area (Å²) in [4.78, 5) is 2.61. The van der Waals surface area contributed by atoms with Gasteiger partial charge in [-0.1, -0.05) is 49.7 Å². The highest BCUT2D eigenvalue weighted by Gasteiger charge is 2.15. The van der Waals surface area contributed by atoms with Crippen LogP contribution in [0, 0.1) is 0 Å². The molecule has 2 heteroatoms. The van der Waals surface area contributed by atoms with E-state index >= 15 is 0 Å². The lowest BCUT2D eigenvalue weighted by Gasteiger charge is -2.26. The van der Waals surface area contributed by atoms with Crippen LogP contribution < -0.4 is 0 Å². The molecule has 1 aliphatic heterocycles. The number of aromatic nitrogens is 1. The highest BCUT2D eigenvalue weighted by Crippen LogP contribution is 2.28. The van der Waals surface area contributed by atoms with Crippen molar-refractivity contribution in [2.75, 3.05) is 13.1 Å². The molecule has 0 amide bonds. The van der Waals surface area contributed by atoms with E-state index in [9.17, 15) is 0 Å². The van der Waals surface area contributed by atoms with Gasteiger partial charge in [0.15, 0.2) is 0 Å². The molecule has 24 heavy (non-hydrogen) atoms. The molecule has 1 fully saturated rings. The van der Waals surface area contributed by atoms with Crippen LogP contribution in [0.2, 0.25) is 0 Å². The maximum absolute atomic E-state index is 2.61. The topological polar surface area (TPSA) is 8.17 Å². The Labute approximate surface area is 144 Å². The molecule has 1 saturated heterocycles. The fourth-order valence-electron chi connectivity index (χ4n) is 3.98. The monoisotopic (exact) mass is 318 g/mol. The summed E-state index contributed by atoms with van der Waals surface area (Å²) in [6.07, 6.45) is 7.51. The number of benzene rings is 2. The lowest BCUT2D eigenvalue weighted by molar-refractivity contribution is 0.221. The number of hydrogen-bond donors (Lipinski definition) is 0. The predicted octanol–water partition coefficient (Wildman–Crippen LogP) is 5.18. The van der Waals surface area contributed by atoms with Crippen LogP contribution in [-0.2, 0) is 13.0 Å². The molecule has 0 aliphatic carbocycles. The smallest absolute Gasteiger partial charge is 0.0531 e. The van der Waals surface area contributed by atoms with Crippen molar-refractivity contribution in [2.45, 2.75) is 39.2 Å². The van der Waals surface area contributed by atoms with Crippen LogP contribution in [-0.4, -0.2) is 22.6 Å². The summed E-state index contributed by atoms with van der Waals surface area (Å²) in [5.74, 6) is 0. The molecule has 2 aromatic carbocycles. The molecule has 1 aliphatic rings. The number of rotatable bonds is 4. The normalized spacial score (nSPS) is 15.9. The largest absolute Gasteiger partial charge is 0.316 e. The van der Waals surface area contributed by atoms with Crippen LogP contribution in [0.3, 0.4) is 0 Å². The lowest BCUT2D eigenvalue weighted by atomic mass is 10.1. The highest BCUT2D eigenvalue weighted by atomic mass is 15.1. The SMILES string of the molecule is CCc1ccccc1-n1cc(CN2CCCCC2)c2ccccc21. The Bertz CT molecular complexity index is 825. The fourth-order valence-corrected chi connectivity index (χ4v) is 3.98. The van der Waals surface area contributed by atoms with Crippen molar-refractivity contribution in [3.05, 3.63) is 65.9 Å². The molecule has 3 aromatic rings. The summed E-state index contributed by atoms with van der Waals surface area (Å²) < 4.78 is 2.40. The molecule has 2 nitrogen and oxygen atoms in total. The Morgan fingerprint density at radius 1 is 0.833 bits per heavy atom. The first-order valence-electron chi connectivity index (χ1n) is 9.26. The third-order valence-corrected chi connectivity index (χ3v) is 5.27. The minimum absolute atomic E-state index is 1.06. The second-order valence-electron chi connectivity index (χ2n) is 6.86. The van der Waals surface area contributed by atoms with Gasteiger partial charge in [0, 0.05) is 23.8 Å². The van der Waals surface area contributed by atoms with E-state index in [0.29, 0.717) is 0 Å². The summed E-state index contributed by atoms with van der Waals surface area (Å²) >= 11 is 0. The molecule has 0 saturated carbocycles. The van der Waals surface area contributed by atoms with Crippen molar-refractivity contribution in [2.24, 2.45) is 0 Å². The predicted molar refractivity (Wildman–Crippen MR) is 102 cm³/mol. The first kappa shape index (κ1) is 15.5. The second-order valence-corrected chi connectivity index (χ2v) is 6.86. The van der Waals surface area contributed by atoms with Gasteiger partial charge >= 0.3 is 0 Å². The van der Waals surface area contributed by atoms with Crippen molar-refractivity contribution in [3.63, 3.8) is 0 Å². The van der Waals surface area contributed by atoms with Gasteiger partial charge in [-0.2, -0.15) is 0 Å². The van der Waals surface area contributed by atoms with Crippen LogP contribution in [0.25, 0.3) is 16.6 Å². The Kier molecular flexibility index (Phi) is 4.40. The molecule has 0 N–H and O–H groups in total. The van der Waals surface area contributed by atoms with Crippen LogP contribution in [0.5, 0.6) is 0 Å². The second kappa shape index (κ2) is 6.82. The van der Waals surface area contributed by atoms with Gasteiger partial charge in [-0.25, -0.2) is 0 Å². The van der Waals surface area contributed by atoms with Crippen LogP contribution >= 0.6 is 0 Å². The summed E-state index contributed by atoms with van der Waals surface area (Å²) in [7, 11) is 0.